The molecule has 1 heteroatoms. The molecule has 0 saturated heterocycles. The van der Waals surface area contributed by atoms with Gasteiger partial charge in [0.05, 0.1) is 0 Å². The first kappa shape index (κ1) is 16.2. The number of rotatable bonds is 4. The summed E-state index contributed by atoms with van der Waals surface area (Å²) in [5.74, 6) is 1.35. The van der Waals surface area contributed by atoms with Crippen molar-refractivity contribution in [3.8, 4) is 0 Å². The van der Waals surface area contributed by atoms with Gasteiger partial charge >= 0.3 is 0 Å². The molecule has 1 nitrogen and oxygen atoms in total. The van der Waals surface area contributed by atoms with Crippen LogP contribution in [0.15, 0.2) is 23.3 Å². The van der Waals surface area contributed by atoms with E-state index in [1.165, 1.54) is 11.1 Å². The Hall–Kier alpha value is -0.850. The molecule has 1 aliphatic carbocycles. The molecule has 0 spiro atoms. The van der Waals surface area contributed by atoms with Gasteiger partial charge in [0, 0.05) is 12.3 Å². The van der Waals surface area contributed by atoms with E-state index in [1.807, 2.05) is 0 Å². The minimum atomic E-state index is 0.157. The topological polar surface area (TPSA) is 17.1 Å². The Morgan fingerprint density at radius 2 is 1.63 bits per heavy atom. The number of hydrogen-bond acceptors (Lipinski definition) is 1. The summed E-state index contributed by atoms with van der Waals surface area (Å²) in [5, 5.41) is 0. The van der Waals surface area contributed by atoms with Crippen molar-refractivity contribution in [2.45, 2.75) is 67.2 Å². The fourth-order valence-corrected chi connectivity index (χ4v) is 2.93. The Morgan fingerprint density at radius 1 is 1.11 bits per heavy atom. The maximum absolute atomic E-state index is 12.3. The minimum absolute atomic E-state index is 0.157. The van der Waals surface area contributed by atoms with Gasteiger partial charge in [0.25, 0.3) is 0 Å². The standard InChI is InChI=1S/C18H30O/c1-13(2)7-9-15-11-16(10-8-14(3)4)18(5,6)12-17(15)19/h7-8,15-16H,9-12H2,1-6H3/t15-,16+/m1/s1. The molecule has 1 fully saturated rings. The lowest BCUT2D eigenvalue weighted by molar-refractivity contribution is -0.130. The molecule has 0 aromatic carbocycles. The van der Waals surface area contributed by atoms with Crippen LogP contribution in [-0.4, -0.2) is 5.78 Å². The predicted octanol–water partition coefficient (Wildman–Crippen LogP) is 5.32. The Balaban J connectivity index is 2.76. The van der Waals surface area contributed by atoms with E-state index in [0.29, 0.717) is 11.7 Å². The molecule has 1 rings (SSSR count). The summed E-state index contributed by atoms with van der Waals surface area (Å²) in [4.78, 5) is 12.3. The zero-order valence-electron chi connectivity index (χ0n) is 13.5. The monoisotopic (exact) mass is 262 g/mol. The summed E-state index contributed by atoms with van der Waals surface area (Å²) in [5.41, 5.74) is 2.86. The van der Waals surface area contributed by atoms with Crippen LogP contribution < -0.4 is 0 Å². The Bertz CT molecular complexity index is 376. The highest BCUT2D eigenvalue weighted by Crippen LogP contribution is 2.44. The fraction of sp³-hybridized carbons (Fsp3) is 0.722. The first-order valence-electron chi connectivity index (χ1n) is 7.52. The zero-order chi connectivity index (χ0) is 14.6. The third-order valence-electron chi connectivity index (χ3n) is 4.38. The van der Waals surface area contributed by atoms with E-state index in [0.717, 1.165) is 25.7 Å². The normalized spacial score (nSPS) is 25.9. The number of carbonyl (C=O) groups is 1. The number of hydrogen-bond donors (Lipinski definition) is 0. The van der Waals surface area contributed by atoms with Gasteiger partial charge in [-0.15, -0.1) is 0 Å². The van der Waals surface area contributed by atoms with Crippen LogP contribution in [0.4, 0.5) is 0 Å². The minimum Gasteiger partial charge on any atom is -0.299 e. The van der Waals surface area contributed by atoms with Crippen molar-refractivity contribution in [3.05, 3.63) is 23.3 Å². The summed E-state index contributed by atoms with van der Waals surface area (Å²) in [6.45, 7) is 13.0. The van der Waals surface area contributed by atoms with Crippen molar-refractivity contribution in [2.75, 3.05) is 0 Å². The molecule has 19 heavy (non-hydrogen) atoms. The van der Waals surface area contributed by atoms with E-state index in [4.69, 9.17) is 0 Å². The van der Waals surface area contributed by atoms with Gasteiger partial charge in [0.2, 0.25) is 0 Å². The molecule has 2 atom stereocenters. The van der Waals surface area contributed by atoms with Crippen molar-refractivity contribution in [1.29, 1.82) is 0 Å². The molecule has 0 radical (unpaired) electrons. The molecule has 1 aliphatic rings. The zero-order valence-corrected chi connectivity index (χ0v) is 13.5. The molecule has 0 bridgehead atoms. The number of Topliss-reactive ketones (excluding diaryl/α,β-unsaturated/α-hetero) is 1. The van der Waals surface area contributed by atoms with Crippen LogP contribution >= 0.6 is 0 Å². The Labute approximate surface area is 119 Å². The van der Waals surface area contributed by atoms with Gasteiger partial charge in [-0.2, -0.15) is 0 Å². The summed E-state index contributed by atoms with van der Waals surface area (Å²) >= 11 is 0. The van der Waals surface area contributed by atoms with Gasteiger partial charge < -0.3 is 0 Å². The van der Waals surface area contributed by atoms with Crippen LogP contribution in [0.3, 0.4) is 0 Å². The van der Waals surface area contributed by atoms with Crippen LogP contribution in [0.1, 0.15) is 67.2 Å². The molecule has 0 amide bonds. The summed E-state index contributed by atoms with van der Waals surface area (Å²) in [7, 11) is 0. The third kappa shape index (κ3) is 4.97. The van der Waals surface area contributed by atoms with Crippen LogP contribution in [0.2, 0.25) is 0 Å². The molecule has 0 N–H and O–H groups in total. The number of carbonyl (C=O) groups excluding carboxylic acids is 1. The maximum atomic E-state index is 12.3. The fourth-order valence-electron chi connectivity index (χ4n) is 2.93. The van der Waals surface area contributed by atoms with Crippen LogP contribution in [0.5, 0.6) is 0 Å². The highest BCUT2D eigenvalue weighted by atomic mass is 16.1. The molecule has 0 unspecified atom stereocenters. The largest absolute Gasteiger partial charge is 0.299 e. The van der Waals surface area contributed by atoms with Gasteiger partial charge in [-0.25, -0.2) is 0 Å². The highest BCUT2D eigenvalue weighted by Gasteiger charge is 2.39. The van der Waals surface area contributed by atoms with Gasteiger partial charge in [-0.05, 0) is 58.3 Å². The second-order valence-electron chi connectivity index (χ2n) is 7.30. The average molecular weight is 262 g/mol. The molecule has 1 saturated carbocycles. The van der Waals surface area contributed by atoms with E-state index in [9.17, 15) is 4.79 Å². The van der Waals surface area contributed by atoms with Crippen molar-refractivity contribution in [3.63, 3.8) is 0 Å². The molecule has 108 valence electrons. The number of allylic oxidation sites excluding steroid dienone is 4. The van der Waals surface area contributed by atoms with Crippen molar-refractivity contribution in [1.82, 2.24) is 0 Å². The third-order valence-corrected chi connectivity index (χ3v) is 4.38. The second-order valence-corrected chi connectivity index (χ2v) is 7.30. The molecule has 0 aromatic heterocycles. The van der Waals surface area contributed by atoms with Crippen molar-refractivity contribution in [2.24, 2.45) is 17.3 Å². The SMILES string of the molecule is CC(C)=CC[C@@H]1C[C@H](CC=C(C)C)C(C)(C)CC1=O. The van der Waals surface area contributed by atoms with E-state index in [2.05, 4.69) is 53.7 Å². The Kier molecular flexibility index (Phi) is 5.58. The summed E-state index contributed by atoms with van der Waals surface area (Å²) in [6.07, 6.45) is 8.41. The van der Waals surface area contributed by atoms with Crippen LogP contribution in [0, 0.1) is 17.3 Å². The van der Waals surface area contributed by atoms with E-state index >= 15 is 0 Å². The van der Waals surface area contributed by atoms with E-state index in [1.54, 1.807) is 0 Å². The van der Waals surface area contributed by atoms with Gasteiger partial charge in [-0.1, -0.05) is 37.1 Å². The molecule has 0 aromatic rings. The molecule has 0 heterocycles. The van der Waals surface area contributed by atoms with Crippen molar-refractivity contribution >= 4 is 5.78 Å². The van der Waals surface area contributed by atoms with Gasteiger partial charge in [-0.3, -0.25) is 4.79 Å². The molecular formula is C18H30O. The lowest BCUT2D eigenvalue weighted by atomic mass is 9.63. The van der Waals surface area contributed by atoms with Gasteiger partial charge in [0.15, 0.2) is 0 Å². The first-order valence-corrected chi connectivity index (χ1v) is 7.52. The average Bonchev–Trinajstić information content (AvgIpc) is 2.24. The van der Waals surface area contributed by atoms with Crippen LogP contribution in [-0.2, 0) is 4.79 Å². The van der Waals surface area contributed by atoms with Crippen molar-refractivity contribution < 1.29 is 4.79 Å². The lowest BCUT2D eigenvalue weighted by Crippen LogP contribution is -2.37. The van der Waals surface area contributed by atoms with Gasteiger partial charge in [0.1, 0.15) is 5.78 Å². The first-order chi connectivity index (χ1) is 8.72. The van der Waals surface area contributed by atoms with E-state index in [-0.39, 0.29) is 11.3 Å². The second kappa shape index (κ2) is 6.54. The predicted molar refractivity (Wildman–Crippen MR) is 83.1 cm³/mol. The summed E-state index contributed by atoms with van der Waals surface area (Å²) < 4.78 is 0. The Morgan fingerprint density at radius 3 is 2.16 bits per heavy atom. The molecular weight excluding hydrogens is 232 g/mol. The number of ketones is 1. The van der Waals surface area contributed by atoms with Crippen LogP contribution in [0.25, 0.3) is 0 Å². The lowest BCUT2D eigenvalue weighted by Gasteiger charge is -2.41. The maximum Gasteiger partial charge on any atom is 0.136 e. The highest BCUT2D eigenvalue weighted by molar-refractivity contribution is 5.82. The molecule has 0 aliphatic heterocycles. The smallest absolute Gasteiger partial charge is 0.136 e. The van der Waals surface area contributed by atoms with E-state index < -0.39 is 0 Å². The summed E-state index contributed by atoms with van der Waals surface area (Å²) in [6, 6.07) is 0. The quantitative estimate of drug-likeness (QED) is 0.627.